The molecule has 1 heterocycles. The fraction of sp³-hybridized carbons (Fsp3) is 0.241. The van der Waals surface area contributed by atoms with Crippen LogP contribution >= 0.6 is 0 Å². The third-order valence-electron chi connectivity index (χ3n) is 5.95. The molecule has 0 aliphatic carbocycles. The number of hydrogen-bond acceptors (Lipinski definition) is 6. The first-order valence-electron chi connectivity index (χ1n) is 12.1. The zero-order valence-corrected chi connectivity index (χ0v) is 20.7. The Bertz CT molecular complexity index is 1340. The lowest BCUT2D eigenvalue weighted by atomic mass is 10.00. The van der Waals surface area contributed by atoms with Gasteiger partial charge < -0.3 is 25.5 Å². The summed E-state index contributed by atoms with van der Waals surface area (Å²) >= 11 is 0. The molecule has 1 aromatic heterocycles. The molecule has 0 fully saturated rings. The quantitative estimate of drug-likeness (QED) is 0.217. The van der Waals surface area contributed by atoms with Crippen molar-refractivity contribution in [1.29, 1.82) is 0 Å². The van der Waals surface area contributed by atoms with Crippen molar-refractivity contribution >= 4 is 28.3 Å². The summed E-state index contributed by atoms with van der Waals surface area (Å²) in [7, 11) is 2.09. The van der Waals surface area contributed by atoms with Crippen LogP contribution < -0.4 is 5.73 Å². The van der Waals surface area contributed by atoms with E-state index in [4.69, 9.17) is 15.5 Å². The van der Waals surface area contributed by atoms with Crippen LogP contribution in [0.5, 0.6) is 5.88 Å². The van der Waals surface area contributed by atoms with E-state index in [0.29, 0.717) is 35.5 Å². The first kappa shape index (κ1) is 25.2. The van der Waals surface area contributed by atoms with Crippen LogP contribution in [-0.4, -0.2) is 53.4 Å². The topological polar surface area (TPSA) is 104 Å². The van der Waals surface area contributed by atoms with Crippen molar-refractivity contribution in [2.45, 2.75) is 19.9 Å². The summed E-state index contributed by atoms with van der Waals surface area (Å²) in [6.07, 6.45) is 0.967. The lowest BCUT2D eigenvalue weighted by molar-refractivity contribution is 0.0526. The number of esters is 1. The summed E-state index contributed by atoms with van der Waals surface area (Å²) in [4.78, 5) is 22.4. The van der Waals surface area contributed by atoms with Crippen molar-refractivity contribution in [2.75, 3.05) is 26.7 Å². The van der Waals surface area contributed by atoms with Gasteiger partial charge in [-0.15, -0.1) is 0 Å². The Kier molecular flexibility index (Phi) is 8.15. The normalized spacial score (nSPS) is 11.8. The molecular weight excluding hydrogens is 452 g/mol. The predicted octanol–water partition coefficient (Wildman–Crippen LogP) is 5.00. The van der Waals surface area contributed by atoms with Gasteiger partial charge in [0.15, 0.2) is 5.88 Å². The van der Waals surface area contributed by atoms with Gasteiger partial charge in [0.05, 0.1) is 29.1 Å². The van der Waals surface area contributed by atoms with Crippen LogP contribution in [0.15, 0.2) is 77.8 Å². The number of hydrogen-bond donors (Lipinski definition) is 3. The number of carbonyl (C=O) groups is 1. The molecule has 0 aliphatic rings. The molecule has 4 N–H and O–H groups in total. The SMILES string of the molecule is CCOC(=O)c1ccc2c(C(=Nc3ccc(CN(C)CCCN)cc3)c3ccccc3)c(O)[nH]c2c1. The van der Waals surface area contributed by atoms with E-state index in [-0.39, 0.29) is 5.88 Å². The van der Waals surface area contributed by atoms with Gasteiger partial charge in [-0.25, -0.2) is 9.79 Å². The largest absolute Gasteiger partial charge is 0.494 e. The first-order chi connectivity index (χ1) is 17.5. The number of carbonyl (C=O) groups excluding carboxylic acids is 1. The summed E-state index contributed by atoms with van der Waals surface area (Å²) in [6, 6.07) is 23.1. The molecule has 0 saturated carbocycles. The maximum Gasteiger partial charge on any atom is 0.338 e. The minimum Gasteiger partial charge on any atom is -0.494 e. The third-order valence-corrected chi connectivity index (χ3v) is 5.95. The molecule has 4 rings (SSSR count). The molecule has 186 valence electrons. The number of aromatic hydroxyl groups is 1. The number of fused-ring (bicyclic) bond motifs is 1. The van der Waals surface area contributed by atoms with Crippen molar-refractivity contribution in [3.8, 4) is 5.88 Å². The minimum absolute atomic E-state index is 0.00763. The van der Waals surface area contributed by atoms with E-state index in [0.717, 1.165) is 36.1 Å². The molecular formula is C29H32N4O3. The van der Waals surface area contributed by atoms with Gasteiger partial charge in [0.1, 0.15) is 0 Å². The van der Waals surface area contributed by atoms with E-state index < -0.39 is 5.97 Å². The molecule has 0 bridgehead atoms. The summed E-state index contributed by atoms with van der Waals surface area (Å²) in [5, 5.41) is 11.7. The summed E-state index contributed by atoms with van der Waals surface area (Å²) in [6.45, 7) is 4.54. The fourth-order valence-corrected chi connectivity index (χ4v) is 4.18. The maximum absolute atomic E-state index is 12.2. The van der Waals surface area contributed by atoms with Gasteiger partial charge >= 0.3 is 5.97 Å². The fourth-order valence-electron chi connectivity index (χ4n) is 4.18. The highest BCUT2D eigenvalue weighted by Gasteiger charge is 2.20. The van der Waals surface area contributed by atoms with E-state index in [2.05, 4.69) is 29.1 Å². The second-order valence-electron chi connectivity index (χ2n) is 8.70. The van der Waals surface area contributed by atoms with Crippen LogP contribution in [0.4, 0.5) is 5.69 Å². The van der Waals surface area contributed by atoms with Gasteiger partial charge in [-0.2, -0.15) is 0 Å². The molecule has 0 spiro atoms. The molecule has 0 radical (unpaired) electrons. The number of nitrogens with two attached hydrogens (primary N) is 1. The van der Waals surface area contributed by atoms with Crippen LogP contribution in [0.3, 0.4) is 0 Å². The van der Waals surface area contributed by atoms with Gasteiger partial charge in [-0.3, -0.25) is 0 Å². The molecule has 36 heavy (non-hydrogen) atoms. The van der Waals surface area contributed by atoms with Gasteiger partial charge in [0, 0.05) is 23.0 Å². The first-order valence-corrected chi connectivity index (χ1v) is 12.1. The number of aromatic nitrogens is 1. The smallest absolute Gasteiger partial charge is 0.338 e. The van der Waals surface area contributed by atoms with E-state index in [1.165, 1.54) is 5.56 Å². The summed E-state index contributed by atoms with van der Waals surface area (Å²) < 4.78 is 5.11. The summed E-state index contributed by atoms with van der Waals surface area (Å²) in [5.41, 5.74) is 10.7. The number of ether oxygens (including phenoxy) is 1. The van der Waals surface area contributed by atoms with Crippen LogP contribution in [-0.2, 0) is 11.3 Å². The minimum atomic E-state index is -0.402. The average molecular weight is 485 g/mol. The van der Waals surface area contributed by atoms with Crippen LogP contribution in [0.25, 0.3) is 10.9 Å². The Hall–Kier alpha value is -3.94. The second kappa shape index (κ2) is 11.7. The Balaban J connectivity index is 1.72. The number of aromatic amines is 1. The van der Waals surface area contributed by atoms with E-state index >= 15 is 0 Å². The lowest BCUT2D eigenvalue weighted by Crippen LogP contribution is -2.21. The zero-order valence-electron chi connectivity index (χ0n) is 20.7. The Labute approximate surface area is 211 Å². The standard InChI is InChI=1S/C29H32N4O3/c1-3-36-29(35)22-12-15-24-25(18-22)32-28(34)26(24)27(21-8-5-4-6-9-21)31-23-13-10-20(11-14-23)19-33(2)17-7-16-30/h4-6,8-15,18,32,34H,3,7,16-17,19,30H2,1-2H3. The van der Waals surface area contributed by atoms with Gasteiger partial charge in [-0.1, -0.05) is 48.5 Å². The van der Waals surface area contributed by atoms with Gasteiger partial charge in [0.25, 0.3) is 0 Å². The van der Waals surface area contributed by atoms with Crippen molar-refractivity contribution in [2.24, 2.45) is 10.7 Å². The number of nitrogens with zero attached hydrogens (tertiary/aromatic N) is 2. The van der Waals surface area contributed by atoms with Crippen molar-refractivity contribution < 1.29 is 14.6 Å². The number of nitrogens with one attached hydrogen (secondary N) is 1. The number of H-pyrrole nitrogens is 1. The van der Waals surface area contributed by atoms with Crippen LogP contribution in [0.1, 0.15) is 40.4 Å². The Morgan fingerprint density at radius 1 is 1.06 bits per heavy atom. The number of aliphatic imine (C=N–C) groups is 1. The molecule has 0 aliphatic heterocycles. The number of rotatable bonds is 10. The van der Waals surface area contributed by atoms with Crippen LogP contribution in [0, 0.1) is 0 Å². The monoisotopic (exact) mass is 484 g/mol. The van der Waals surface area contributed by atoms with Crippen molar-refractivity contribution in [1.82, 2.24) is 9.88 Å². The molecule has 3 aromatic carbocycles. The van der Waals surface area contributed by atoms with Gasteiger partial charge in [-0.05, 0) is 63.3 Å². The Morgan fingerprint density at radius 3 is 2.50 bits per heavy atom. The molecule has 0 atom stereocenters. The summed E-state index contributed by atoms with van der Waals surface area (Å²) in [5.74, 6) is -0.410. The lowest BCUT2D eigenvalue weighted by Gasteiger charge is -2.16. The van der Waals surface area contributed by atoms with Crippen molar-refractivity contribution in [3.05, 3.63) is 95.1 Å². The molecule has 7 nitrogen and oxygen atoms in total. The van der Waals surface area contributed by atoms with E-state index in [1.807, 2.05) is 48.5 Å². The zero-order chi connectivity index (χ0) is 25.5. The van der Waals surface area contributed by atoms with Crippen LogP contribution in [0.2, 0.25) is 0 Å². The Morgan fingerprint density at radius 2 is 1.81 bits per heavy atom. The molecule has 0 saturated heterocycles. The third kappa shape index (κ3) is 5.82. The van der Waals surface area contributed by atoms with E-state index in [1.54, 1.807) is 19.1 Å². The number of benzene rings is 3. The highest BCUT2D eigenvalue weighted by Crippen LogP contribution is 2.32. The molecule has 0 unspecified atom stereocenters. The molecule has 0 amide bonds. The highest BCUT2D eigenvalue weighted by molar-refractivity contribution is 6.22. The second-order valence-corrected chi connectivity index (χ2v) is 8.70. The highest BCUT2D eigenvalue weighted by atomic mass is 16.5. The van der Waals surface area contributed by atoms with Crippen molar-refractivity contribution in [3.63, 3.8) is 0 Å². The van der Waals surface area contributed by atoms with Gasteiger partial charge in [0.2, 0.25) is 0 Å². The average Bonchev–Trinajstić information content (AvgIpc) is 3.22. The molecule has 4 aromatic rings. The predicted molar refractivity (Wildman–Crippen MR) is 144 cm³/mol. The van der Waals surface area contributed by atoms with E-state index in [9.17, 15) is 9.90 Å². The maximum atomic E-state index is 12.2. The molecule has 7 heteroatoms.